The first kappa shape index (κ1) is 17.2. The second-order valence-electron chi connectivity index (χ2n) is 5.64. The molecule has 0 aliphatic rings. The lowest BCUT2D eigenvalue weighted by atomic mass is 9.96. The second kappa shape index (κ2) is 8.42. The lowest BCUT2D eigenvalue weighted by Crippen LogP contribution is -2.31. The van der Waals surface area contributed by atoms with Gasteiger partial charge in [0.05, 0.1) is 5.75 Å². The molecular formula is C16H27NO2S. The fraction of sp³-hybridized carbons (Fsp3) is 0.625. The van der Waals surface area contributed by atoms with E-state index in [4.69, 9.17) is 0 Å². The molecule has 0 aromatic heterocycles. The number of hydrogen-bond acceptors (Lipinski definition) is 3. The van der Waals surface area contributed by atoms with Crippen molar-refractivity contribution < 1.29 is 8.42 Å². The van der Waals surface area contributed by atoms with Crippen molar-refractivity contribution in [2.24, 2.45) is 5.92 Å². The summed E-state index contributed by atoms with van der Waals surface area (Å²) in [6.07, 6.45) is 1.66. The summed E-state index contributed by atoms with van der Waals surface area (Å²) in [5, 5.41) is 3.43. The van der Waals surface area contributed by atoms with Crippen LogP contribution in [0.5, 0.6) is 0 Å². The van der Waals surface area contributed by atoms with E-state index in [2.05, 4.69) is 31.3 Å². The quantitative estimate of drug-likeness (QED) is 0.762. The largest absolute Gasteiger partial charge is 0.314 e. The molecule has 0 saturated carbocycles. The van der Waals surface area contributed by atoms with Gasteiger partial charge in [-0.25, -0.2) is 8.42 Å². The third-order valence-corrected chi connectivity index (χ3v) is 5.20. The summed E-state index contributed by atoms with van der Waals surface area (Å²) in [5.41, 5.74) is 1.27. The van der Waals surface area contributed by atoms with Gasteiger partial charge in [-0.2, -0.15) is 0 Å². The van der Waals surface area contributed by atoms with Gasteiger partial charge in [-0.1, -0.05) is 51.1 Å². The summed E-state index contributed by atoms with van der Waals surface area (Å²) in [5.74, 6) is 0.893. The Bertz CT molecular complexity index is 469. The average molecular weight is 297 g/mol. The molecule has 1 N–H and O–H groups in total. The summed E-state index contributed by atoms with van der Waals surface area (Å²) >= 11 is 0. The van der Waals surface area contributed by atoms with E-state index in [-0.39, 0.29) is 5.75 Å². The molecule has 20 heavy (non-hydrogen) atoms. The van der Waals surface area contributed by atoms with Crippen molar-refractivity contribution >= 4 is 9.84 Å². The predicted octanol–water partition coefficient (Wildman–Crippen LogP) is 2.67. The summed E-state index contributed by atoms with van der Waals surface area (Å²) in [7, 11) is -2.87. The second-order valence-corrected chi connectivity index (χ2v) is 8.12. The van der Waals surface area contributed by atoms with E-state index >= 15 is 0 Å². The Balaban J connectivity index is 2.60. The molecule has 1 aromatic rings. The van der Waals surface area contributed by atoms with Crippen LogP contribution < -0.4 is 5.32 Å². The van der Waals surface area contributed by atoms with Crippen molar-refractivity contribution in [2.45, 2.75) is 39.7 Å². The highest BCUT2D eigenvalue weighted by Gasteiger charge is 2.15. The highest BCUT2D eigenvalue weighted by Crippen LogP contribution is 2.13. The van der Waals surface area contributed by atoms with Gasteiger partial charge < -0.3 is 5.32 Å². The minimum absolute atomic E-state index is 0.239. The summed E-state index contributed by atoms with van der Waals surface area (Å²) in [4.78, 5) is 0. The molecule has 0 spiro atoms. The van der Waals surface area contributed by atoms with Gasteiger partial charge in [0.25, 0.3) is 0 Å². The van der Waals surface area contributed by atoms with Crippen LogP contribution in [0.1, 0.15) is 32.8 Å². The Labute approximate surface area is 123 Å². The Morgan fingerprint density at radius 1 is 1.15 bits per heavy atom. The van der Waals surface area contributed by atoms with Crippen molar-refractivity contribution in [3.05, 3.63) is 35.9 Å². The fourth-order valence-corrected chi connectivity index (χ4v) is 3.10. The molecule has 0 bridgehead atoms. The van der Waals surface area contributed by atoms with Gasteiger partial charge in [-0.15, -0.1) is 0 Å². The molecule has 3 nitrogen and oxygen atoms in total. The van der Waals surface area contributed by atoms with Crippen LogP contribution >= 0.6 is 0 Å². The topological polar surface area (TPSA) is 46.2 Å². The highest BCUT2D eigenvalue weighted by atomic mass is 32.2. The lowest BCUT2D eigenvalue weighted by molar-refractivity contribution is 0.435. The van der Waals surface area contributed by atoms with Crippen LogP contribution in [0.25, 0.3) is 0 Å². The van der Waals surface area contributed by atoms with Gasteiger partial charge in [0, 0.05) is 11.8 Å². The van der Waals surface area contributed by atoms with Crippen LogP contribution in [0, 0.1) is 5.92 Å². The van der Waals surface area contributed by atoms with Crippen LogP contribution in [0.3, 0.4) is 0 Å². The summed E-state index contributed by atoms with van der Waals surface area (Å²) in [6, 6.07) is 10.7. The van der Waals surface area contributed by atoms with Crippen LogP contribution in [0.15, 0.2) is 30.3 Å². The Morgan fingerprint density at radius 3 is 2.35 bits per heavy atom. The van der Waals surface area contributed by atoms with Crippen LogP contribution in [0.2, 0.25) is 0 Å². The van der Waals surface area contributed by atoms with E-state index in [9.17, 15) is 8.42 Å². The minimum Gasteiger partial charge on any atom is -0.314 e. The molecule has 0 fully saturated rings. The maximum atomic E-state index is 11.7. The van der Waals surface area contributed by atoms with Gasteiger partial charge in [0.1, 0.15) is 9.84 Å². The smallest absolute Gasteiger partial charge is 0.150 e. The van der Waals surface area contributed by atoms with E-state index < -0.39 is 9.84 Å². The third-order valence-electron chi connectivity index (χ3n) is 3.46. The molecule has 0 heterocycles. The van der Waals surface area contributed by atoms with Crippen molar-refractivity contribution in [3.63, 3.8) is 0 Å². The van der Waals surface area contributed by atoms with Gasteiger partial charge in [0.2, 0.25) is 0 Å². The van der Waals surface area contributed by atoms with Crippen LogP contribution in [-0.2, 0) is 16.3 Å². The first-order chi connectivity index (χ1) is 9.43. The normalized spacial score (nSPS) is 13.6. The molecule has 0 saturated heterocycles. The molecule has 0 aliphatic carbocycles. The lowest BCUT2D eigenvalue weighted by Gasteiger charge is -2.19. The van der Waals surface area contributed by atoms with E-state index in [1.165, 1.54) is 5.56 Å². The van der Waals surface area contributed by atoms with E-state index in [1.54, 1.807) is 6.92 Å². The Hall–Kier alpha value is -0.870. The molecule has 1 rings (SSSR count). The van der Waals surface area contributed by atoms with E-state index in [0.717, 1.165) is 19.4 Å². The SMILES string of the molecule is CCS(=O)(=O)CCC(CNC(C)C)Cc1ccccc1. The molecule has 0 aliphatic heterocycles. The number of nitrogens with one attached hydrogen (secondary N) is 1. The third kappa shape index (κ3) is 7.06. The van der Waals surface area contributed by atoms with Gasteiger partial charge in [-0.3, -0.25) is 0 Å². The Morgan fingerprint density at radius 2 is 1.80 bits per heavy atom. The highest BCUT2D eigenvalue weighted by molar-refractivity contribution is 7.91. The number of sulfone groups is 1. The van der Waals surface area contributed by atoms with E-state index in [1.807, 2.05) is 18.2 Å². The number of benzene rings is 1. The zero-order chi connectivity index (χ0) is 15.0. The first-order valence-electron chi connectivity index (χ1n) is 7.40. The molecule has 1 unspecified atom stereocenters. The number of rotatable bonds is 9. The molecule has 1 atom stereocenters. The average Bonchev–Trinajstić information content (AvgIpc) is 2.43. The van der Waals surface area contributed by atoms with Crippen LogP contribution in [-0.4, -0.2) is 32.5 Å². The zero-order valence-corrected chi connectivity index (χ0v) is 13.6. The molecular weight excluding hydrogens is 270 g/mol. The zero-order valence-electron chi connectivity index (χ0n) is 12.8. The predicted molar refractivity (Wildman–Crippen MR) is 85.7 cm³/mol. The summed E-state index contributed by atoms with van der Waals surface area (Å²) in [6.45, 7) is 6.81. The molecule has 114 valence electrons. The van der Waals surface area contributed by atoms with E-state index in [0.29, 0.717) is 17.7 Å². The molecule has 1 aromatic carbocycles. The minimum atomic E-state index is -2.87. The standard InChI is InChI=1S/C16H27NO2S/c1-4-20(18,19)11-10-16(13-17-14(2)3)12-15-8-6-5-7-9-15/h5-9,14,16-17H,4,10-13H2,1-3H3. The van der Waals surface area contributed by atoms with Gasteiger partial charge in [0.15, 0.2) is 0 Å². The maximum absolute atomic E-state index is 11.7. The Kier molecular flexibility index (Phi) is 7.24. The van der Waals surface area contributed by atoms with Gasteiger partial charge >= 0.3 is 0 Å². The van der Waals surface area contributed by atoms with Gasteiger partial charge in [-0.05, 0) is 30.9 Å². The maximum Gasteiger partial charge on any atom is 0.150 e. The monoisotopic (exact) mass is 297 g/mol. The van der Waals surface area contributed by atoms with Crippen LogP contribution in [0.4, 0.5) is 0 Å². The summed E-state index contributed by atoms with van der Waals surface area (Å²) < 4.78 is 23.3. The van der Waals surface area contributed by atoms with Crippen molar-refractivity contribution in [1.82, 2.24) is 5.32 Å². The molecule has 0 amide bonds. The molecule has 0 radical (unpaired) electrons. The number of hydrogen-bond donors (Lipinski definition) is 1. The van der Waals surface area contributed by atoms with Crippen molar-refractivity contribution in [2.75, 3.05) is 18.1 Å². The van der Waals surface area contributed by atoms with Crippen molar-refractivity contribution in [1.29, 1.82) is 0 Å². The first-order valence-corrected chi connectivity index (χ1v) is 9.23. The molecule has 4 heteroatoms. The van der Waals surface area contributed by atoms with Crippen molar-refractivity contribution in [3.8, 4) is 0 Å². The fourth-order valence-electron chi connectivity index (χ4n) is 2.12.